The fourth-order valence-electron chi connectivity index (χ4n) is 1.50. The topological polar surface area (TPSA) is 64.6 Å². The van der Waals surface area contributed by atoms with Gasteiger partial charge in [-0.15, -0.1) is 0 Å². The monoisotopic (exact) mass is 305 g/mol. The fourth-order valence-corrected chi connectivity index (χ4v) is 1.50. The summed E-state index contributed by atoms with van der Waals surface area (Å²) in [5.41, 5.74) is -0.867. The summed E-state index contributed by atoms with van der Waals surface area (Å²) < 4.78 is 47.2. The Morgan fingerprint density at radius 3 is 2.52 bits per heavy atom. The van der Waals surface area contributed by atoms with Crippen LogP contribution in [0.1, 0.15) is 12.5 Å². The highest BCUT2D eigenvalue weighted by Gasteiger charge is 2.30. The molecule has 0 aliphatic rings. The molecule has 1 aromatic carbocycles. The number of nitrogens with one attached hydrogen (secondary N) is 1. The van der Waals surface area contributed by atoms with Gasteiger partial charge < -0.3 is 14.8 Å². The van der Waals surface area contributed by atoms with E-state index in [2.05, 4.69) is 10.1 Å². The molecular formula is C13H14F3NO4. The van der Waals surface area contributed by atoms with Gasteiger partial charge in [-0.05, 0) is 18.2 Å². The van der Waals surface area contributed by atoms with Crippen molar-refractivity contribution in [2.24, 2.45) is 0 Å². The first-order valence-corrected chi connectivity index (χ1v) is 5.89. The lowest BCUT2D eigenvalue weighted by molar-refractivity contribution is -0.145. The maximum Gasteiger partial charge on any atom is 0.416 e. The van der Waals surface area contributed by atoms with Crippen molar-refractivity contribution in [1.29, 1.82) is 0 Å². The zero-order valence-corrected chi connectivity index (χ0v) is 11.4. The minimum Gasteiger partial charge on any atom is -0.491 e. The van der Waals surface area contributed by atoms with Crippen LogP contribution >= 0.6 is 0 Å². The number of amides is 1. The summed E-state index contributed by atoms with van der Waals surface area (Å²) in [6.07, 6.45) is -4.49. The minimum atomic E-state index is -4.49. The summed E-state index contributed by atoms with van der Waals surface area (Å²) >= 11 is 0. The molecule has 0 bridgehead atoms. The van der Waals surface area contributed by atoms with E-state index < -0.39 is 29.7 Å². The van der Waals surface area contributed by atoms with Crippen molar-refractivity contribution in [2.45, 2.75) is 19.1 Å². The molecule has 21 heavy (non-hydrogen) atoms. The number of rotatable bonds is 5. The van der Waals surface area contributed by atoms with E-state index in [1.807, 2.05) is 0 Å². The Balaban J connectivity index is 2.76. The van der Waals surface area contributed by atoms with Gasteiger partial charge in [0.1, 0.15) is 12.4 Å². The Labute approximate surface area is 119 Å². The molecule has 1 unspecified atom stereocenters. The first kappa shape index (κ1) is 16.8. The van der Waals surface area contributed by atoms with Crippen molar-refractivity contribution in [3.63, 3.8) is 0 Å². The fraction of sp³-hybridized carbons (Fsp3) is 0.385. The number of methoxy groups -OCH3 is 1. The number of halogens is 3. The highest BCUT2D eigenvalue weighted by atomic mass is 19.4. The SMILES string of the molecule is COC(=O)C(COc1cccc(C(F)(F)F)c1)NC(C)=O. The lowest BCUT2D eigenvalue weighted by Crippen LogP contribution is -2.44. The lowest BCUT2D eigenvalue weighted by atomic mass is 10.2. The highest BCUT2D eigenvalue weighted by Crippen LogP contribution is 2.31. The van der Waals surface area contributed by atoms with Gasteiger partial charge in [-0.1, -0.05) is 6.07 Å². The van der Waals surface area contributed by atoms with Crippen molar-refractivity contribution in [3.8, 4) is 5.75 Å². The molecule has 0 aliphatic carbocycles. The van der Waals surface area contributed by atoms with E-state index in [9.17, 15) is 22.8 Å². The second-order valence-electron chi connectivity index (χ2n) is 4.11. The maximum atomic E-state index is 12.5. The highest BCUT2D eigenvalue weighted by molar-refractivity contribution is 5.83. The van der Waals surface area contributed by atoms with Gasteiger partial charge >= 0.3 is 12.1 Å². The standard InChI is InChI=1S/C13H14F3NO4/c1-8(18)17-11(12(19)20-2)7-21-10-5-3-4-9(6-10)13(14,15)16/h3-6,11H,7H2,1-2H3,(H,17,18). The molecule has 0 spiro atoms. The zero-order valence-electron chi connectivity index (χ0n) is 11.4. The first-order valence-electron chi connectivity index (χ1n) is 5.89. The number of esters is 1. The smallest absolute Gasteiger partial charge is 0.416 e. The molecule has 0 aromatic heterocycles. The van der Waals surface area contributed by atoms with Crippen molar-refractivity contribution in [2.75, 3.05) is 13.7 Å². The van der Waals surface area contributed by atoms with E-state index in [0.717, 1.165) is 19.2 Å². The number of carbonyl (C=O) groups excluding carboxylic acids is 2. The van der Waals surface area contributed by atoms with Crippen molar-refractivity contribution >= 4 is 11.9 Å². The van der Waals surface area contributed by atoms with E-state index in [4.69, 9.17) is 4.74 Å². The molecule has 0 radical (unpaired) electrons. The van der Waals surface area contributed by atoms with Gasteiger partial charge in [0.25, 0.3) is 0 Å². The second-order valence-corrected chi connectivity index (χ2v) is 4.11. The average molecular weight is 305 g/mol. The van der Waals surface area contributed by atoms with Gasteiger partial charge in [0, 0.05) is 6.92 Å². The normalized spacial score (nSPS) is 12.4. The number of alkyl halides is 3. The molecule has 1 amide bonds. The third kappa shape index (κ3) is 5.33. The molecule has 1 aromatic rings. The predicted molar refractivity (Wildman–Crippen MR) is 66.6 cm³/mol. The first-order chi connectivity index (χ1) is 9.74. The van der Waals surface area contributed by atoms with Crippen LogP contribution in [0.2, 0.25) is 0 Å². The molecule has 0 fully saturated rings. The van der Waals surface area contributed by atoms with Crippen molar-refractivity contribution in [3.05, 3.63) is 29.8 Å². The Morgan fingerprint density at radius 2 is 2.00 bits per heavy atom. The lowest BCUT2D eigenvalue weighted by Gasteiger charge is -2.16. The van der Waals surface area contributed by atoms with Gasteiger partial charge in [-0.2, -0.15) is 13.2 Å². The summed E-state index contributed by atoms with van der Waals surface area (Å²) in [7, 11) is 1.13. The van der Waals surface area contributed by atoms with Gasteiger partial charge in [-0.25, -0.2) is 4.79 Å². The summed E-state index contributed by atoms with van der Waals surface area (Å²) in [6.45, 7) is 0.855. The molecule has 0 saturated carbocycles. The number of hydrogen-bond donors (Lipinski definition) is 1. The molecule has 1 rings (SSSR count). The van der Waals surface area contributed by atoms with Gasteiger partial charge in [0.15, 0.2) is 6.04 Å². The molecule has 0 aliphatic heterocycles. The van der Waals surface area contributed by atoms with Crippen molar-refractivity contribution < 1.29 is 32.2 Å². The summed E-state index contributed by atoms with van der Waals surface area (Å²) in [4.78, 5) is 22.3. The Morgan fingerprint density at radius 1 is 1.33 bits per heavy atom. The quantitative estimate of drug-likeness (QED) is 0.842. The van der Waals surface area contributed by atoms with Crippen LogP contribution in [-0.4, -0.2) is 31.6 Å². The maximum absolute atomic E-state index is 12.5. The van der Waals surface area contributed by atoms with E-state index in [0.29, 0.717) is 0 Å². The molecule has 0 saturated heterocycles. The number of benzene rings is 1. The van der Waals surface area contributed by atoms with Crippen LogP contribution in [0.15, 0.2) is 24.3 Å². The molecule has 1 N–H and O–H groups in total. The van der Waals surface area contributed by atoms with E-state index in [1.54, 1.807) is 0 Å². The Bertz CT molecular complexity index is 516. The summed E-state index contributed by atoms with van der Waals surface area (Å²) in [6, 6.07) is 3.11. The van der Waals surface area contributed by atoms with E-state index in [-0.39, 0.29) is 12.4 Å². The summed E-state index contributed by atoms with van der Waals surface area (Å²) in [5.74, 6) is -1.31. The minimum absolute atomic E-state index is 0.0657. The number of hydrogen-bond acceptors (Lipinski definition) is 4. The molecule has 8 heteroatoms. The second kappa shape index (κ2) is 6.96. The molecule has 116 valence electrons. The molecular weight excluding hydrogens is 291 g/mol. The molecule has 5 nitrogen and oxygen atoms in total. The van der Waals surface area contributed by atoms with Gasteiger partial charge in [0.2, 0.25) is 5.91 Å². The zero-order chi connectivity index (χ0) is 16.0. The van der Waals surface area contributed by atoms with Crippen LogP contribution in [0.3, 0.4) is 0 Å². The van der Waals surface area contributed by atoms with Gasteiger partial charge in [-0.3, -0.25) is 4.79 Å². The Hall–Kier alpha value is -2.25. The third-order valence-corrected chi connectivity index (χ3v) is 2.44. The van der Waals surface area contributed by atoms with Crippen LogP contribution in [0.25, 0.3) is 0 Å². The van der Waals surface area contributed by atoms with Crippen molar-refractivity contribution in [1.82, 2.24) is 5.32 Å². The number of ether oxygens (including phenoxy) is 2. The van der Waals surface area contributed by atoms with Crippen LogP contribution in [0.5, 0.6) is 5.75 Å². The molecule has 0 heterocycles. The summed E-state index contributed by atoms with van der Waals surface area (Å²) in [5, 5.41) is 2.28. The van der Waals surface area contributed by atoms with Gasteiger partial charge in [0.05, 0.1) is 12.7 Å². The van der Waals surface area contributed by atoms with E-state index in [1.165, 1.54) is 19.1 Å². The molecule has 1 atom stereocenters. The largest absolute Gasteiger partial charge is 0.491 e. The average Bonchev–Trinajstić information content (AvgIpc) is 2.41. The van der Waals surface area contributed by atoms with E-state index >= 15 is 0 Å². The van der Waals surface area contributed by atoms with Crippen LogP contribution in [0.4, 0.5) is 13.2 Å². The van der Waals surface area contributed by atoms with Crippen LogP contribution in [0, 0.1) is 0 Å². The Kier molecular flexibility index (Phi) is 5.57. The van der Waals surface area contributed by atoms with Crippen LogP contribution in [-0.2, 0) is 20.5 Å². The predicted octanol–water partition coefficient (Wildman–Crippen LogP) is 1.76. The van der Waals surface area contributed by atoms with Crippen LogP contribution < -0.4 is 10.1 Å². The third-order valence-electron chi connectivity index (χ3n) is 2.44. The number of carbonyl (C=O) groups is 2.